The van der Waals surface area contributed by atoms with Crippen LogP contribution in [0.5, 0.6) is 0 Å². The maximum absolute atomic E-state index is 12.6. The van der Waals surface area contributed by atoms with E-state index in [1.807, 2.05) is 30.3 Å². The molecule has 0 aliphatic carbocycles. The highest BCUT2D eigenvalue weighted by atomic mass is 32.2. The predicted molar refractivity (Wildman–Crippen MR) is 128 cm³/mol. The Hall–Kier alpha value is -2.74. The summed E-state index contributed by atoms with van der Waals surface area (Å²) in [6.07, 6.45) is 1.94. The van der Waals surface area contributed by atoms with Gasteiger partial charge in [0.25, 0.3) is 0 Å². The lowest BCUT2D eigenvalue weighted by Crippen LogP contribution is -2.32. The van der Waals surface area contributed by atoms with E-state index in [0.717, 1.165) is 5.56 Å². The molecule has 0 aliphatic heterocycles. The van der Waals surface area contributed by atoms with E-state index >= 15 is 0 Å². The summed E-state index contributed by atoms with van der Waals surface area (Å²) in [5.74, 6) is 0. The van der Waals surface area contributed by atoms with Gasteiger partial charge in [-0.3, -0.25) is 0 Å². The monoisotopic (exact) mass is 431 g/mol. The standard InChI is InChI=1S/C26H24O2PS/c1-30(27,28)26-20-12-11-13-22(26)21-29(23-14-5-2-6-15-23,24-16-7-3-8-17-24)25-18-9-4-10-19-25/h2-20H,21H2,1H3/q+1. The van der Waals surface area contributed by atoms with Crippen molar-refractivity contribution in [3.63, 3.8) is 0 Å². The van der Waals surface area contributed by atoms with E-state index in [4.69, 9.17) is 0 Å². The molecule has 0 aliphatic rings. The van der Waals surface area contributed by atoms with Gasteiger partial charge in [-0.2, -0.15) is 0 Å². The fourth-order valence-corrected chi connectivity index (χ4v) is 9.34. The molecular formula is C26H24O2PS+. The Balaban J connectivity index is 2.05. The van der Waals surface area contributed by atoms with Gasteiger partial charge in [0.1, 0.15) is 23.2 Å². The van der Waals surface area contributed by atoms with Crippen molar-refractivity contribution < 1.29 is 8.42 Å². The first-order chi connectivity index (χ1) is 14.5. The first-order valence-corrected chi connectivity index (χ1v) is 13.7. The highest BCUT2D eigenvalue weighted by Crippen LogP contribution is 2.58. The normalized spacial score (nSPS) is 11.9. The molecule has 0 radical (unpaired) electrons. The molecule has 4 rings (SSSR count). The van der Waals surface area contributed by atoms with Crippen LogP contribution in [0.25, 0.3) is 0 Å². The fourth-order valence-electron chi connectivity index (χ4n) is 4.02. The number of sulfone groups is 1. The van der Waals surface area contributed by atoms with E-state index in [-0.39, 0.29) is 0 Å². The molecule has 150 valence electrons. The lowest BCUT2D eigenvalue weighted by molar-refractivity contribution is 0.601. The molecule has 30 heavy (non-hydrogen) atoms. The van der Waals surface area contributed by atoms with Gasteiger partial charge in [0.05, 0.1) is 11.1 Å². The summed E-state index contributed by atoms with van der Waals surface area (Å²) in [4.78, 5) is 0.414. The summed E-state index contributed by atoms with van der Waals surface area (Å²) in [5, 5.41) is 3.72. The van der Waals surface area contributed by atoms with Gasteiger partial charge in [-0.25, -0.2) is 8.42 Å². The van der Waals surface area contributed by atoms with E-state index in [2.05, 4.69) is 72.8 Å². The van der Waals surface area contributed by atoms with Crippen molar-refractivity contribution in [2.75, 3.05) is 6.26 Å². The first kappa shape index (κ1) is 20.5. The summed E-state index contributed by atoms with van der Waals surface area (Å²) in [6.45, 7) is 0. The van der Waals surface area contributed by atoms with Crippen molar-refractivity contribution in [2.45, 2.75) is 11.1 Å². The third-order valence-electron chi connectivity index (χ3n) is 5.37. The van der Waals surface area contributed by atoms with Gasteiger partial charge in [0, 0.05) is 11.8 Å². The molecular weight excluding hydrogens is 407 g/mol. The quantitative estimate of drug-likeness (QED) is 0.419. The molecule has 0 fully saturated rings. The molecule has 0 bridgehead atoms. The number of hydrogen-bond acceptors (Lipinski definition) is 2. The summed E-state index contributed by atoms with van der Waals surface area (Å²) >= 11 is 0. The second-order valence-corrected chi connectivity index (χ2v) is 12.8. The largest absolute Gasteiger partial charge is 0.224 e. The lowest BCUT2D eigenvalue weighted by Gasteiger charge is -2.28. The smallest absolute Gasteiger partial charge is 0.175 e. The first-order valence-electron chi connectivity index (χ1n) is 9.85. The number of rotatable bonds is 6. The summed E-state index contributed by atoms with van der Waals surface area (Å²) in [6, 6.07) is 39.0. The highest BCUT2D eigenvalue weighted by molar-refractivity contribution is 7.95. The predicted octanol–water partition coefficient (Wildman–Crippen LogP) is 4.58. The third-order valence-corrected chi connectivity index (χ3v) is 10.9. The number of hydrogen-bond donors (Lipinski definition) is 0. The van der Waals surface area contributed by atoms with Gasteiger partial charge < -0.3 is 0 Å². The molecule has 0 spiro atoms. The van der Waals surface area contributed by atoms with E-state index < -0.39 is 17.1 Å². The fraction of sp³-hybridized carbons (Fsp3) is 0.0769. The molecule has 0 amide bonds. The molecule has 0 atom stereocenters. The Labute approximate surface area is 179 Å². The minimum atomic E-state index is -3.33. The SMILES string of the molecule is CS(=O)(=O)c1ccccc1C[P+](c1ccccc1)(c1ccccc1)c1ccccc1. The highest BCUT2D eigenvalue weighted by Gasteiger charge is 2.46. The zero-order valence-electron chi connectivity index (χ0n) is 16.8. The maximum atomic E-state index is 12.6. The molecule has 0 aromatic heterocycles. The van der Waals surface area contributed by atoms with Gasteiger partial charge in [-0.05, 0) is 42.5 Å². The Morgan fingerprint density at radius 1 is 0.567 bits per heavy atom. The van der Waals surface area contributed by atoms with Gasteiger partial charge in [0.15, 0.2) is 9.84 Å². The van der Waals surface area contributed by atoms with Gasteiger partial charge >= 0.3 is 0 Å². The van der Waals surface area contributed by atoms with Crippen molar-refractivity contribution in [3.05, 3.63) is 121 Å². The van der Waals surface area contributed by atoms with Crippen LogP contribution in [0.1, 0.15) is 5.56 Å². The molecule has 0 saturated heterocycles. The van der Waals surface area contributed by atoms with E-state index in [1.54, 1.807) is 12.1 Å². The van der Waals surface area contributed by atoms with Crippen LogP contribution in [-0.2, 0) is 16.0 Å². The van der Waals surface area contributed by atoms with E-state index in [1.165, 1.54) is 22.2 Å². The van der Waals surface area contributed by atoms with Crippen molar-refractivity contribution >= 4 is 33.0 Å². The summed E-state index contributed by atoms with van der Waals surface area (Å²) in [5.41, 5.74) is 0.866. The molecule has 0 N–H and O–H groups in total. The molecule has 0 unspecified atom stereocenters. The van der Waals surface area contributed by atoms with Gasteiger partial charge in [-0.15, -0.1) is 0 Å². The van der Waals surface area contributed by atoms with Crippen LogP contribution in [0, 0.1) is 0 Å². The van der Waals surface area contributed by atoms with Gasteiger partial charge in [-0.1, -0.05) is 72.8 Å². The van der Waals surface area contributed by atoms with Crippen molar-refractivity contribution in [2.24, 2.45) is 0 Å². The molecule has 4 aromatic rings. The van der Waals surface area contributed by atoms with E-state index in [9.17, 15) is 8.42 Å². The molecule has 2 nitrogen and oxygen atoms in total. The number of benzene rings is 4. The second-order valence-electron chi connectivity index (χ2n) is 7.35. The van der Waals surface area contributed by atoms with Crippen molar-refractivity contribution in [1.29, 1.82) is 0 Å². The molecule has 0 saturated carbocycles. The van der Waals surface area contributed by atoms with Crippen LogP contribution in [0.3, 0.4) is 0 Å². The Kier molecular flexibility index (Phi) is 5.85. The molecule has 0 heterocycles. The van der Waals surface area contributed by atoms with E-state index in [0.29, 0.717) is 11.1 Å². The van der Waals surface area contributed by atoms with Gasteiger partial charge in [0.2, 0.25) is 0 Å². The summed E-state index contributed by atoms with van der Waals surface area (Å²) < 4.78 is 25.1. The molecule has 4 aromatic carbocycles. The Bertz CT molecular complexity index is 1130. The molecule has 4 heteroatoms. The maximum Gasteiger partial charge on any atom is 0.175 e. The van der Waals surface area contributed by atoms with Crippen LogP contribution >= 0.6 is 7.26 Å². The Morgan fingerprint density at radius 2 is 0.933 bits per heavy atom. The topological polar surface area (TPSA) is 34.1 Å². The third kappa shape index (κ3) is 3.96. The van der Waals surface area contributed by atoms with Crippen LogP contribution in [0.2, 0.25) is 0 Å². The average molecular weight is 432 g/mol. The average Bonchev–Trinajstić information content (AvgIpc) is 2.79. The van der Waals surface area contributed by atoms with Crippen LogP contribution in [0.15, 0.2) is 120 Å². The van der Waals surface area contributed by atoms with Crippen molar-refractivity contribution in [3.8, 4) is 0 Å². The van der Waals surface area contributed by atoms with Crippen LogP contribution in [-0.4, -0.2) is 14.7 Å². The van der Waals surface area contributed by atoms with Crippen LogP contribution < -0.4 is 15.9 Å². The Morgan fingerprint density at radius 3 is 1.33 bits per heavy atom. The van der Waals surface area contributed by atoms with Crippen LogP contribution in [0.4, 0.5) is 0 Å². The minimum Gasteiger partial charge on any atom is -0.224 e. The minimum absolute atomic E-state index is 0.414. The lowest BCUT2D eigenvalue weighted by atomic mass is 10.2. The zero-order chi connectivity index (χ0) is 21.0. The summed E-state index contributed by atoms with van der Waals surface area (Å²) in [7, 11) is -5.47. The van der Waals surface area contributed by atoms with Crippen molar-refractivity contribution in [1.82, 2.24) is 0 Å². The zero-order valence-corrected chi connectivity index (χ0v) is 18.6. The second kappa shape index (κ2) is 8.55.